The Labute approximate surface area is 99.1 Å². The maximum absolute atomic E-state index is 12.1. The average Bonchev–Trinajstić information content (AvgIpc) is 2.45. The molecule has 0 aliphatic carbocycles. The lowest BCUT2D eigenvalue weighted by atomic mass is 10.0. The predicted octanol–water partition coefficient (Wildman–Crippen LogP) is 2.59. The fourth-order valence-electron chi connectivity index (χ4n) is 2.18. The van der Waals surface area contributed by atoms with Crippen LogP contribution < -0.4 is 0 Å². The number of hydrogen-bond donors (Lipinski definition) is 0. The Morgan fingerprint density at radius 2 is 1.75 bits per heavy atom. The van der Waals surface area contributed by atoms with Crippen molar-refractivity contribution in [3.05, 3.63) is 0 Å². The van der Waals surface area contributed by atoms with Gasteiger partial charge < -0.3 is 4.74 Å². The molecule has 1 atom stereocenters. The number of hydrogen-bond acceptors (Lipinski definition) is 3. The van der Waals surface area contributed by atoms with Crippen molar-refractivity contribution in [1.82, 2.24) is 4.90 Å². The van der Waals surface area contributed by atoms with E-state index in [0.717, 1.165) is 19.4 Å². The summed E-state index contributed by atoms with van der Waals surface area (Å²) >= 11 is 0. The van der Waals surface area contributed by atoms with Gasteiger partial charge in [0, 0.05) is 5.54 Å². The molecule has 3 nitrogen and oxygen atoms in total. The zero-order chi connectivity index (χ0) is 12.6. The molecule has 0 unspecified atom stereocenters. The van der Waals surface area contributed by atoms with E-state index >= 15 is 0 Å². The summed E-state index contributed by atoms with van der Waals surface area (Å²) in [6, 6.07) is -0.0563. The summed E-state index contributed by atoms with van der Waals surface area (Å²) in [6.45, 7) is 13.2. The molecule has 0 amide bonds. The van der Waals surface area contributed by atoms with Gasteiger partial charge in [0.1, 0.15) is 11.6 Å². The number of rotatable bonds is 1. The first kappa shape index (κ1) is 13.5. The molecular weight excluding hydrogens is 202 g/mol. The third-order valence-corrected chi connectivity index (χ3v) is 2.79. The molecule has 0 radical (unpaired) electrons. The highest BCUT2D eigenvalue weighted by Crippen LogP contribution is 2.28. The quantitative estimate of drug-likeness (QED) is 0.645. The fraction of sp³-hybridized carbons (Fsp3) is 0.923. The van der Waals surface area contributed by atoms with Crippen molar-refractivity contribution in [2.24, 2.45) is 0 Å². The zero-order valence-corrected chi connectivity index (χ0v) is 11.5. The first-order valence-electron chi connectivity index (χ1n) is 6.11. The van der Waals surface area contributed by atoms with E-state index in [4.69, 9.17) is 4.74 Å². The number of nitrogens with zero attached hydrogens (tertiary/aromatic N) is 1. The van der Waals surface area contributed by atoms with Gasteiger partial charge in [-0.05, 0) is 60.9 Å². The van der Waals surface area contributed by atoms with Crippen molar-refractivity contribution in [1.29, 1.82) is 0 Å². The number of esters is 1. The first-order valence-corrected chi connectivity index (χ1v) is 6.11. The van der Waals surface area contributed by atoms with E-state index in [2.05, 4.69) is 25.7 Å². The van der Waals surface area contributed by atoms with E-state index in [-0.39, 0.29) is 23.2 Å². The van der Waals surface area contributed by atoms with Crippen LogP contribution in [0.25, 0.3) is 0 Å². The van der Waals surface area contributed by atoms with Gasteiger partial charge in [-0.1, -0.05) is 0 Å². The second-order valence-electron chi connectivity index (χ2n) is 6.56. The van der Waals surface area contributed by atoms with Crippen LogP contribution in [0.1, 0.15) is 54.4 Å². The van der Waals surface area contributed by atoms with Crippen LogP contribution in [0, 0.1) is 0 Å². The van der Waals surface area contributed by atoms with Gasteiger partial charge >= 0.3 is 5.97 Å². The molecular formula is C13H25NO2. The molecule has 1 rings (SSSR count). The molecule has 1 aliphatic rings. The van der Waals surface area contributed by atoms with Gasteiger partial charge in [-0.3, -0.25) is 9.69 Å². The number of carbonyl (C=O) groups is 1. The van der Waals surface area contributed by atoms with Crippen LogP contribution in [-0.4, -0.2) is 34.6 Å². The minimum atomic E-state index is -0.386. The summed E-state index contributed by atoms with van der Waals surface area (Å²) in [4.78, 5) is 14.3. The van der Waals surface area contributed by atoms with E-state index in [1.807, 2.05) is 20.8 Å². The smallest absolute Gasteiger partial charge is 0.323 e. The van der Waals surface area contributed by atoms with Crippen LogP contribution in [0.5, 0.6) is 0 Å². The predicted molar refractivity (Wildman–Crippen MR) is 65.3 cm³/mol. The summed E-state index contributed by atoms with van der Waals surface area (Å²) in [7, 11) is 0. The molecule has 0 aromatic carbocycles. The van der Waals surface area contributed by atoms with Crippen LogP contribution in [0.3, 0.4) is 0 Å². The van der Waals surface area contributed by atoms with Crippen LogP contribution in [0.4, 0.5) is 0 Å². The Hall–Kier alpha value is -0.570. The zero-order valence-electron chi connectivity index (χ0n) is 11.5. The highest BCUT2D eigenvalue weighted by Gasteiger charge is 2.39. The minimum Gasteiger partial charge on any atom is -0.459 e. The van der Waals surface area contributed by atoms with Gasteiger partial charge in [-0.2, -0.15) is 0 Å². The van der Waals surface area contributed by atoms with Crippen molar-refractivity contribution in [3.63, 3.8) is 0 Å². The molecule has 0 aromatic heterocycles. The standard InChI is InChI=1S/C13H25NO2/c1-12(2,3)14-9-7-8-10(14)11(15)16-13(4,5)6/h10H,7-9H2,1-6H3/t10-/m0/s1. The van der Waals surface area contributed by atoms with E-state index in [0.29, 0.717) is 0 Å². The molecule has 1 saturated heterocycles. The Kier molecular flexibility index (Phi) is 3.68. The van der Waals surface area contributed by atoms with Gasteiger partial charge in [0.15, 0.2) is 0 Å². The van der Waals surface area contributed by atoms with Gasteiger partial charge in [0.2, 0.25) is 0 Å². The topological polar surface area (TPSA) is 29.5 Å². The van der Waals surface area contributed by atoms with Crippen LogP contribution >= 0.6 is 0 Å². The Balaban J connectivity index is 2.69. The second-order valence-corrected chi connectivity index (χ2v) is 6.56. The first-order chi connectivity index (χ1) is 7.11. The lowest BCUT2D eigenvalue weighted by molar-refractivity contribution is -0.162. The molecule has 1 fully saturated rings. The molecule has 1 aliphatic heterocycles. The maximum atomic E-state index is 12.1. The highest BCUT2D eigenvalue weighted by molar-refractivity contribution is 5.76. The van der Waals surface area contributed by atoms with Gasteiger partial charge in [-0.25, -0.2) is 0 Å². The molecule has 0 N–H and O–H groups in total. The van der Waals surface area contributed by atoms with Crippen molar-refractivity contribution < 1.29 is 9.53 Å². The van der Waals surface area contributed by atoms with Crippen molar-refractivity contribution in [2.45, 2.75) is 71.6 Å². The summed E-state index contributed by atoms with van der Waals surface area (Å²) < 4.78 is 5.47. The monoisotopic (exact) mass is 227 g/mol. The lowest BCUT2D eigenvalue weighted by Crippen LogP contribution is -2.49. The Bertz CT molecular complexity index is 260. The van der Waals surface area contributed by atoms with Crippen LogP contribution in [0.2, 0.25) is 0 Å². The lowest BCUT2D eigenvalue weighted by Gasteiger charge is -2.36. The van der Waals surface area contributed by atoms with E-state index < -0.39 is 0 Å². The molecule has 0 aromatic rings. The maximum Gasteiger partial charge on any atom is 0.323 e. The Morgan fingerprint density at radius 3 is 2.19 bits per heavy atom. The van der Waals surface area contributed by atoms with E-state index in [1.165, 1.54) is 0 Å². The SMILES string of the molecule is CC(C)(C)OC(=O)[C@@H]1CCCN1C(C)(C)C. The molecule has 3 heteroatoms. The summed E-state index contributed by atoms with van der Waals surface area (Å²) in [5.74, 6) is -0.0695. The van der Waals surface area contributed by atoms with Gasteiger partial charge in [0.05, 0.1) is 0 Å². The molecule has 0 spiro atoms. The largest absolute Gasteiger partial charge is 0.459 e. The molecule has 16 heavy (non-hydrogen) atoms. The summed E-state index contributed by atoms with van der Waals surface area (Å²) in [5, 5.41) is 0. The van der Waals surface area contributed by atoms with E-state index in [1.54, 1.807) is 0 Å². The summed E-state index contributed by atoms with van der Waals surface area (Å²) in [6.07, 6.45) is 2.01. The third-order valence-electron chi connectivity index (χ3n) is 2.79. The van der Waals surface area contributed by atoms with Crippen molar-refractivity contribution >= 4 is 5.97 Å². The normalized spacial score (nSPS) is 23.5. The molecule has 1 heterocycles. The summed E-state index contributed by atoms with van der Waals surface area (Å²) in [5.41, 5.74) is -0.346. The number of ether oxygens (including phenoxy) is 1. The number of likely N-dealkylation sites (tertiary alicyclic amines) is 1. The molecule has 94 valence electrons. The fourth-order valence-corrected chi connectivity index (χ4v) is 2.18. The Morgan fingerprint density at radius 1 is 1.19 bits per heavy atom. The van der Waals surface area contributed by atoms with Gasteiger partial charge in [0.25, 0.3) is 0 Å². The highest BCUT2D eigenvalue weighted by atomic mass is 16.6. The number of carbonyl (C=O) groups excluding carboxylic acids is 1. The van der Waals surface area contributed by atoms with E-state index in [9.17, 15) is 4.79 Å². The molecule has 0 bridgehead atoms. The molecule has 0 saturated carbocycles. The van der Waals surface area contributed by atoms with Crippen molar-refractivity contribution in [2.75, 3.05) is 6.54 Å². The minimum absolute atomic E-state index is 0.0398. The average molecular weight is 227 g/mol. The third kappa shape index (κ3) is 3.48. The van der Waals surface area contributed by atoms with Crippen LogP contribution in [0.15, 0.2) is 0 Å². The van der Waals surface area contributed by atoms with Crippen LogP contribution in [-0.2, 0) is 9.53 Å². The van der Waals surface area contributed by atoms with Gasteiger partial charge in [-0.15, -0.1) is 0 Å². The second kappa shape index (κ2) is 4.36. The van der Waals surface area contributed by atoms with Crippen molar-refractivity contribution in [3.8, 4) is 0 Å².